The van der Waals surface area contributed by atoms with E-state index in [4.69, 9.17) is 0 Å². The van der Waals surface area contributed by atoms with Crippen LogP contribution in [0.25, 0.3) is 0 Å². The first-order valence-corrected chi connectivity index (χ1v) is 8.30. The van der Waals surface area contributed by atoms with E-state index in [1.54, 1.807) is 13.0 Å². The average Bonchev–Trinajstić information content (AvgIpc) is 2.36. The highest BCUT2D eigenvalue weighted by atomic mass is 32.2. The fraction of sp³-hybridized carbons (Fsp3) is 0.625. The molecule has 0 radical (unpaired) electrons. The number of hydrogen-bond acceptors (Lipinski definition) is 2. The molecule has 0 aliphatic rings. The summed E-state index contributed by atoms with van der Waals surface area (Å²) in [6.07, 6.45) is 0. The largest absolute Gasteiger partial charge is 0.384 e. The van der Waals surface area contributed by atoms with Crippen molar-refractivity contribution in [1.82, 2.24) is 4.72 Å². The molecule has 0 unspecified atom stereocenters. The van der Waals surface area contributed by atoms with E-state index < -0.39 is 27.3 Å². The van der Waals surface area contributed by atoms with Crippen LogP contribution in [-0.4, -0.2) is 19.7 Å². The van der Waals surface area contributed by atoms with Gasteiger partial charge in [-0.2, -0.15) is 8.78 Å². The molecule has 6 heteroatoms. The van der Waals surface area contributed by atoms with Crippen LogP contribution in [0.1, 0.15) is 58.7 Å². The molecule has 1 aromatic rings. The molecule has 0 aliphatic carbocycles. The van der Waals surface area contributed by atoms with Gasteiger partial charge in [0.25, 0.3) is 0 Å². The van der Waals surface area contributed by atoms with Gasteiger partial charge in [-0.1, -0.05) is 18.2 Å². The van der Waals surface area contributed by atoms with Gasteiger partial charge in [0.2, 0.25) is 0 Å². The van der Waals surface area contributed by atoms with Crippen molar-refractivity contribution in [2.45, 2.75) is 63.9 Å². The number of nitrogens with one attached hydrogen (secondary N) is 1. The number of benzene rings is 1. The van der Waals surface area contributed by atoms with Crippen LogP contribution in [0.4, 0.5) is 8.78 Å². The minimum atomic E-state index is -3.37. The number of hydrogen-bond donors (Lipinski definition) is 2. The molecule has 0 aliphatic heterocycles. The molecule has 1 rings (SSSR count). The third kappa shape index (κ3) is 4.33. The summed E-state index contributed by atoms with van der Waals surface area (Å²) < 4.78 is 43.0. The summed E-state index contributed by atoms with van der Waals surface area (Å²) in [4.78, 5) is 0. The van der Waals surface area contributed by atoms with E-state index >= 15 is 0 Å². The van der Waals surface area contributed by atoms with Crippen molar-refractivity contribution < 1.29 is 18.1 Å². The number of halogens is 2. The Bertz CT molecular complexity index is 548. The van der Waals surface area contributed by atoms with Gasteiger partial charge in [0.05, 0.1) is 15.7 Å². The zero-order valence-electron chi connectivity index (χ0n) is 13.9. The Morgan fingerprint density at radius 2 is 1.73 bits per heavy atom. The van der Waals surface area contributed by atoms with Crippen molar-refractivity contribution in [2.24, 2.45) is 0 Å². The summed E-state index contributed by atoms with van der Waals surface area (Å²) in [7, 11) is -1.30. The van der Waals surface area contributed by atoms with Gasteiger partial charge in [-0.3, -0.25) is 0 Å². The van der Waals surface area contributed by atoms with Crippen molar-refractivity contribution in [1.29, 1.82) is 0 Å². The van der Waals surface area contributed by atoms with Crippen molar-refractivity contribution in [3.63, 3.8) is 0 Å². The van der Waals surface area contributed by atoms with E-state index in [-0.39, 0.29) is 11.6 Å². The lowest BCUT2D eigenvalue weighted by Crippen LogP contribution is -2.40. The maximum Gasteiger partial charge on any atom is 0.300 e. The molecule has 0 bridgehead atoms. The van der Waals surface area contributed by atoms with E-state index in [1.807, 2.05) is 20.8 Å². The van der Waals surface area contributed by atoms with Crippen molar-refractivity contribution in [2.75, 3.05) is 0 Å². The van der Waals surface area contributed by atoms with E-state index in [1.165, 1.54) is 18.2 Å². The van der Waals surface area contributed by atoms with Gasteiger partial charge in [0, 0.05) is 11.6 Å². The molecule has 0 spiro atoms. The minimum Gasteiger partial charge on any atom is -0.384 e. The van der Waals surface area contributed by atoms with Gasteiger partial charge in [0.15, 0.2) is 0 Å². The molecule has 0 saturated carbocycles. The molecular formula is C16H25F2NO2S. The molecular weight excluding hydrogens is 308 g/mol. The monoisotopic (exact) mass is 333 g/mol. The highest BCUT2D eigenvalue weighted by Crippen LogP contribution is 2.39. The van der Waals surface area contributed by atoms with E-state index in [2.05, 4.69) is 4.72 Å². The molecule has 3 nitrogen and oxygen atoms in total. The van der Waals surface area contributed by atoms with Crippen LogP contribution in [0, 0.1) is 0 Å². The maximum absolute atomic E-state index is 14.2. The van der Waals surface area contributed by atoms with Gasteiger partial charge >= 0.3 is 5.92 Å². The highest BCUT2D eigenvalue weighted by Gasteiger charge is 2.47. The Morgan fingerprint density at radius 3 is 2.18 bits per heavy atom. The second-order valence-electron chi connectivity index (χ2n) is 6.98. The molecule has 126 valence electrons. The molecule has 0 aromatic heterocycles. The van der Waals surface area contributed by atoms with Gasteiger partial charge in [-0.05, 0) is 53.2 Å². The summed E-state index contributed by atoms with van der Waals surface area (Å²) in [6.45, 7) is 9.43. The van der Waals surface area contributed by atoms with Gasteiger partial charge in [-0.25, -0.2) is 8.93 Å². The third-order valence-electron chi connectivity index (χ3n) is 3.36. The van der Waals surface area contributed by atoms with Crippen LogP contribution < -0.4 is 4.72 Å². The molecule has 22 heavy (non-hydrogen) atoms. The van der Waals surface area contributed by atoms with E-state index in [0.29, 0.717) is 5.56 Å². The zero-order valence-corrected chi connectivity index (χ0v) is 14.7. The van der Waals surface area contributed by atoms with Crippen LogP contribution in [0.3, 0.4) is 0 Å². The lowest BCUT2D eigenvalue weighted by Gasteiger charge is -2.30. The van der Waals surface area contributed by atoms with Crippen LogP contribution >= 0.6 is 0 Å². The summed E-state index contributed by atoms with van der Waals surface area (Å²) in [5.41, 5.74) is -1.82. The van der Waals surface area contributed by atoms with Gasteiger partial charge in [-0.15, -0.1) is 0 Å². The minimum absolute atomic E-state index is 0.257. The Hall–Kier alpha value is -0.850. The first-order valence-electron chi connectivity index (χ1n) is 7.15. The summed E-state index contributed by atoms with van der Waals surface area (Å²) in [5, 5.41) is 9.67. The Labute approximate surface area is 133 Å². The molecule has 0 heterocycles. The van der Waals surface area contributed by atoms with Crippen molar-refractivity contribution in [3.05, 3.63) is 35.4 Å². The normalized spacial score (nSPS) is 16.4. The topological polar surface area (TPSA) is 49.3 Å². The second-order valence-corrected chi connectivity index (χ2v) is 8.98. The molecule has 0 amide bonds. The fourth-order valence-electron chi connectivity index (χ4n) is 1.76. The van der Waals surface area contributed by atoms with Crippen LogP contribution in [0.5, 0.6) is 0 Å². The fourth-order valence-corrected chi connectivity index (χ4v) is 2.57. The first kappa shape index (κ1) is 19.2. The predicted molar refractivity (Wildman–Crippen MR) is 86.1 cm³/mol. The van der Waals surface area contributed by atoms with Crippen LogP contribution in [0.2, 0.25) is 0 Å². The molecule has 0 saturated heterocycles. The van der Waals surface area contributed by atoms with Gasteiger partial charge in [0.1, 0.15) is 5.60 Å². The number of alkyl halides is 2. The quantitative estimate of drug-likeness (QED) is 0.864. The van der Waals surface area contributed by atoms with E-state index in [9.17, 15) is 18.1 Å². The first-order chi connectivity index (χ1) is 9.76. The van der Waals surface area contributed by atoms with E-state index in [0.717, 1.165) is 13.8 Å². The maximum atomic E-state index is 14.2. The lowest BCUT2D eigenvalue weighted by atomic mass is 9.91. The highest BCUT2D eigenvalue weighted by molar-refractivity contribution is 7.84. The Balaban J connectivity index is 3.05. The predicted octanol–water partition coefficient (Wildman–Crippen LogP) is 3.66. The summed E-state index contributed by atoms with van der Waals surface area (Å²) in [6, 6.07) is 5.49. The second kappa shape index (κ2) is 6.34. The molecule has 0 fully saturated rings. The summed E-state index contributed by atoms with van der Waals surface area (Å²) >= 11 is 0. The van der Waals surface area contributed by atoms with Crippen LogP contribution in [0.15, 0.2) is 24.3 Å². The number of rotatable bonds is 5. The van der Waals surface area contributed by atoms with Crippen LogP contribution in [-0.2, 0) is 16.9 Å². The number of aliphatic hydroxyl groups is 1. The summed E-state index contributed by atoms with van der Waals surface area (Å²) in [5.74, 6) is -3.37. The average molecular weight is 333 g/mol. The lowest BCUT2D eigenvalue weighted by molar-refractivity contribution is -0.168. The van der Waals surface area contributed by atoms with Gasteiger partial charge < -0.3 is 5.11 Å². The molecule has 2 N–H and O–H groups in total. The smallest absolute Gasteiger partial charge is 0.300 e. The van der Waals surface area contributed by atoms with Crippen molar-refractivity contribution >= 4 is 11.0 Å². The Kier molecular flexibility index (Phi) is 5.53. The zero-order chi connectivity index (χ0) is 17.3. The van der Waals surface area contributed by atoms with Crippen molar-refractivity contribution in [3.8, 4) is 0 Å². The molecule has 1 aromatic carbocycles. The molecule has 2 atom stereocenters. The Morgan fingerprint density at radius 1 is 1.18 bits per heavy atom. The SMILES string of the molecule is C[C@@H](N[S@@](=O)C(C)(C)C)c1cccc(C(F)(F)C(C)(C)O)c1. The third-order valence-corrected chi connectivity index (χ3v) is 5.04. The standard InChI is InChI=1S/C16H25F2NO2S/c1-11(19-22(21)14(2,3)4)12-8-7-9-13(10-12)16(17,18)15(5,6)20/h7-11,19-20H,1-6H3/t11-,22+/m1/s1.